The molecule has 2 bridgehead atoms. The van der Waals surface area contributed by atoms with Crippen LogP contribution in [-0.2, 0) is 21.4 Å². The predicted molar refractivity (Wildman–Crippen MR) is 82.1 cm³/mol. The SMILES string of the molecule is COc1ccc2c(c1)[C@]13CCN(C)[C@H](C2)[C@@H]1CC(=O)C(=O)C3. The molecule has 3 aliphatic rings. The van der Waals surface area contributed by atoms with E-state index in [1.165, 1.54) is 11.1 Å². The Morgan fingerprint density at radius 3 is 2.82 bits per heavy atom. The second-order valence-electron chi connectivity index (χ2n) is 7.02. The monoisotopic (exact) mass is 299 g/mol. The number of ether oxygens (including phenoxy) is 1. The number of ketones is 2. The Kier molecular flexibility index (Phi) is 2.95. The summed E-state index contributed by atoms with van der Waals surface area (Å²) >= 11 is 0. The number of Topliss-reactive ketones (excluding diaryl/α,β-unsaturated/α-hetero) is 2. The average Bonchev–Trinajstić information content (AvgIpc) is 2.52. The molecule has 4 nitrogen and oxygen atoms in total. The van der Waals surface area contributed by atoms with E-state index in [9.17, 15) is 9.59 Å². The van der Waals surface area contributed by atoms with Crippen LogP contribution in [0.15, 0.2) is 18.2 Å². The molecule has 4 heteroatoms. The molecule has 0 radical (unpaired) electrons. The van der Waals surface area contributed by atoms with E-state index in [0.717, 1.165) is 25.1 Å². The Bertz CT molecular complexity index is 668. The van der Waals surface area contributed by atoms with Crippen molar-refractivity contribution in [2.24, 2.45) is 5.92 Å². The number of nitrogens with zero attached hydrogens (tertiary/aromatic N) is 1. The van der Waals surface area contributed by atoms with Crippen molar-refractivity contribution >= 4 is 11.6 Å². The fourth-order valence-electron chi connectivity index (χ4n) is 4.93. The van der Waals surface area contributed by atoms with Gasteiger partial charge in [0.15, 0.2) is 11.6 Å². The van der Waals surface area contributed by atoms with Crippen molar-refractivity contribution in [3.63, 3.8) is 0 Å². The van der Waals surface area contributed by atoms with E-state index < -0.39 is 0 Å². The third kappa shape index (κ3) is 1.73. The maximum absolute atomic E-state index is 12.2. The van der Waals surface area contributed by atoms with Crippen LogP contribution in [0, 0.1) is 5.92 Å². The highest BCUT2D eigenvalue weighted by Crippen LogP contribution is 2.54. The number of likely N-dealkylation sites (N-methyl/N-ethyl adjacent to an activating group) is 1. The average molecular weight is 299 g/mol. The zero-order chi connectivity index (χ0) is 15.5. The van der Waals surface area contributed by atoms with Crippen LogP contribution in [0.25, 0.3) is 0 Å². The molecular weight excluding hydrogens is 278 g/mol. The van der Waals surface area contributed by atoms with Gasteiger partial charge in [0.05, 0.1) is 7.11 Å². The van der Waals surface area contributed by atoms with Gasteiger partial charge in [-0.25, -0.2) is 0 Å². The third-order valence-electron chi connectivity index (χ3n) is 6.13. The van der Waals surface area contributed by atoms with Gasteiger partial charge in [-0.1, -0.05) is 6.07 Å². The fourth-order valence-corrected chi connectivity index (χ4v) is 4.93. The van der Waals surface area contributed by atoms with Crippen LogP contribution in [0.3, 0.4) is 0 Å². The Labute approximate surface area is 130 Å². The lowest BCUT2D eigenvalue weighted by Gasteiger charge is -2.57. The quantitative estimate of drug-likeness (QED) is 0.741. The first kappa shape index (κ1) is 13.9. The van der Waals surface area contributed by atoms with Crippen molar-refractivity contribution < 1.29 is 14.3 Å². The molecule has 1 saturated carbocycles. The third-order valence-corrected chi connectivity index (χ3v) is 6.13. The maximum Gasteiger partial charge on any atom is 0.199 e. The van der Waals surface area contributed by atoms with Gasteiger partial charge < -0.3 is 9.64 Å². The van der Waals surface area contributed by atoms with E-state index in [1.807, 2.05) is 6.07 Å². The summed E-state index contributed by atoms with van der Waals surface area (Å²) in [6.45, 7) is 0.985. The highest BCUT2D eigenvalue weighted by Gasteiger charge is 2.56. The molecule has 0 spiro atoms. The summed E-state index contributed by atoms with van der Waals surface area (Å²) in [6.07, 6.45) is 2.69. The molecule has 1 saturated heterocycles. The Hall–Kier alpha value is -1.68. The summed E-state index contributed by atoms with van der Waals surface area (Å²) < 4.78 is 5.40. The van der Waals surface area contributed by atoms with E-state index in [0.29, 0.717) is 18.9 Å². The maximum atomic E-state index is 12.2. The smallest absolute Gasteiger partial charge is 0.199 e. The van der Waals surface area contributed by atoms with Crippen molar-refractivity contribution in [2.45, 2.75) is 37.1 Å². The highest BCUT2D eigenvalue weighted by atomic mass is 16.5. The molecule has 116 valence electrons. The topological polar surface area (TPSA) is 46.6 Å². The molecule has 0 unspecified atom stereocenters. The lowest BCUT2D eigenvalue weighted by molar-refractivity contribution is -0.144. The van der Waals surface area contributed by atoms with Gasteiger partial charge in [0.1, 0.15) is 5.75 Å². The standard InChI is InChI=1S/C18H21NO3/c1-19-6-5-18-10-17(21)16(20)9-14(18)15(19)7-11-3-4-12(22-2)8-13(11)18/h3-4,8,14-15H,5-7,9-10H2,1-2H3/t14-,15+,18+/m0/s1. The van der Waals surface area contributed by atoms with Crippen LogP contribution in [0.4, 0.5) is 0 Å². The van der Waals surface area contributed by atoms with Gasteiger partial charge in [0.25, 0.3) is 0 Å². The minimum absolute atomic E-state index is 0.162. The largest absolute Gasteiger partial charge is 0.497 e. The highest BCUT2D eigenvalue weighted by molar-refractivity contribution is 6.38. The molecule has 4 rings (SSSR count). The molecular formula is C18H21NO3. The number of hydrogen-bond donors (Lipinski definition) is 0. The number of likely N-dealkylation sites (tertiary alicyclic amines) is 1. The minimum atomic E-state index is -0.185. The molecule has 22 heavy (non-hydrogen) atoms. The van der Waals surface area contributed by atoms with Crippen molar-refractivity contribution in [3.8, 4) is 5.75 Å². The number of fused-ring (bicyclic) bond motifs is 1. The summed E-state index contributed by atoms with van der Waals surface area (Å²) in [5.74, 6) is 0.743. The number of carbonyl (C=O) groups excluding carboxylic acids is 2. The number of piperidine rings is 1. The first-order valence-electron chi connectivity index (χ1n) is 7.99. The van der Waals surface area contributed by atoms with Gasteiger partial charge >= 0.3 is 0 Å². The lowest BCUT2D eigenvalue weighted by atomic mass is 9.52. The van der Waals surface area contributed by atoms with Crippen LogP contribution < -0.4 is 4.74 Å². The van der Waals surface area contributed by atoms with E-state index in [2.05, 4.69) is 24.1 Å². The molecule has 0 N–H and O–H groups in total. The van der Waals surface area contributed by atoms with Gasteiger partial charge in [0.2, 0.25) is 0 Å². The van der Waals surface area contributed by atoms with Gasteiger partial charge in [0, 0.05) is 24.3 Å². The minimum Gasteiger partial charge on any atom is -0.497 e. The van der Waals surface area contributed by atoms with Crippen molar-refractivity contribution in [1.82, 2.24) is 4.90 Å². The number of rotatable bonds is 1. The zero-order valence-electron chi connectivity index (χ0n) is 13.1. The van der Waals surface area contributed by atoms with Crippen LogP contribution >= 0.6 is 0 Å². The van der Waals surface area contributed by atoms with Crippen molar-refractivity contribution in [1.29, 1.82) is 0 Å². The molecule has 1 heterocycles. The summed E-state index contributed by atoms with van der Waals surface area (Å²) in [4.78, 5) is 26.6. The fraction of sp³-hybridized carbons (Fsp3) is 0.556. The lowest BCUT2D eigenvalue weighted by Crippen LogP contribution is -2.62. The van der Waals surface area contributed by atoms with E-state index >= 15 is 0 Å². The van der Waals surface area contributed by atoms with Crippen molar-refractivity contribution in [2.75, 3.05) is 20.7 Å². The van der Waals surface area contributed by atoms with Crippen LogP contribution in [0.1, 0.15) is 30.4 Å². The molecule has 1 aromatic rings. The summed E-state index contributed by atoms with van der Waals surface area (Å²) in [5.41, 5.74) is 2.40. The molecule has 3 atom stereocenters. The van der Waals surface area contributed by atoms with Crippen LogP contribution in [0.2, 0.25) is 0 Å². The molecule has 0 amide bonds. The van der Waals surface area contributed by atoms with Crippen molar-refractivity contribution in [3.05, 3.63) is 29.3 Å². The van der Waals surface area contributed by atoms with E-state index in [1.54, 1.807) is 7.11 Å². The molecule has 1 aromatic carbocycles. The summed E-state index contributed by atoms with van der Waals surface area (Å²) in [7, 11) is 3.82. The van der Waals surface area contributed by atoms with Gasteiger partial charge in [-0.15, -0.1) is 0 Å². The molecule has 2 aliphatic carbocycles. The number of hydrogen-bond acceptors (Lipinski definition) is 4. The number of carbonyl (C=O) groups is 2. The zero-order valence-corrected chi connectivity index (χ0v) is 13.1. The Balaban J connectivity index is 1.91. The van der Waals surface area contributed by atoms with Gasteiger partial charge in [-0.3, -0.25) is 9.59 Å². The number of benzene rings is 1. The second-order valence-corrected chi connectivity index (χ2v) is 7.02. The molecule has 2 fully saturated rings. The Morgan fingerprint density at radius 1 is 1.23 bits per heavy atom. The van der Waals surface area contributed by atoms with Crippen LogP contribution in [-0.4, -0.2) is 43.2 Å². The Morgan fingerprint density at radius 2 is 2.05 bits per heavy atom. The van der Waals surface area contributed by atoms with Gasteiger partial charge in [-0.2, -0.15) is 0 Å². The predicted octanol–water partition coefficient (Wildman–Crippen LogP) is 1.74. The van der Waals surface area contributed by atoms with Crippen LogP contribution in [0.5, 0.6) is 5.75 Å². The first-order valence-corrected chi connectivity index (χ1v) is 7.99. The molecule has 0 aromatic heterocycles. The summed E-state index contributed by atoms with van der Waals surface area (Å²) in [5, 5.41) is 0. The first-order chi connectivity index (χ1) is 10.5. The number of methoxy groups -OCH3 is 1. The molecule has 1 aliphatic heterocycles. The second kappa shape index (κ2) is 4.66. The van der Waals surface area contributed by atoms with E-state index in [4.69, 9.17) is 4.74 Å². The normalized spacial score (nSPS) is 34.1. The van der Waals surface area contributed by atoms with E-state index in [-0.39, 0.29) is 22.9 Å². The summed E-state index contributed by atoms with van der Waals surface area (Å²) in [6, 6.07) is 6.61. The van der Waals surface area contributed by atoms with Gasteiger partial charge in [-0.05, 0) is 55.6 Å².